The number of methoxy groups -OCH3 is 1. The maximum atomic E-state index is 11.8. The lowest BCUT2D eigenvalue weighted by Gasteiger charge is -2.12. The quantitative estimate of drug-likeness (QED) is 0.907. The van der Waals surface area contributed by atoms with Crippen molar-refractivity contribution >= 4 is 27.8 Å². The summed E-state index contributed by atoms with van der Waals surface area (Å²) in [6, 6.07) is 9.45. The van der Waals surface area contributed by atoms with E-state index < -0.39 is 6.09 Å². The first-order valence-electron chi connectivity index (χ1n) is 6.28. The van der Waals surface area contributed by atoms with E-state index in [-0.39, 0.29) is 6.61 Å². The number of carbonyl (C=O) groups is 1. The Morgan fingerprint density at radius 3 is 2.71 bits per heavy atom. The Bertz CT molecular complexity index is 632. The third-order valence-electron chi connectivity index (χ3n) is 2.86. The van der Waals surface area contributed by atoms with E-state index in [1.165, 1.54) is 7.11 Å². The van der Waals surface area contributed by atoms with E-state index in [1.54, 1.807) is 6.20 Å². The molecule has 5 nitrogen and oxygen atoms in total. The Morgan fingerprint density at radius 1 is 1.33 bits per heavy atom. The number of aromatic nitrogens is 1. The van der Waals surface area contributed by atoms with Gasteiger partial charge in [0, 0.05) is 16.2 Å². The molecule has 1 heterocycles. The van der Waals surface area contributed by atoms with Crippen molar-refractivity contribution in [3.8, 4) is 5.75 Å². The fourth-order valence-corrected chi connectivity index (χ4v) is 2.04. The van der Waals surface area contributed by atoms with Gasteiger partial charge >= 0.3 is 6.09 Å². The first-order chi connectivity index (χ1) is 10.1. The minimum absolute atomic E-state index is 0.199. The van der Waals surface area contributed by atoms with Gasteiger partial charge in [-0.1, -0.05) is 30.3 Å². The molecular formula is C15H15BrN2O3. The zero-order valence-electron chi connectivity index (χ0n) is 11.7. The third-order valence-corrected chi connectivity index (χ3v) is 3.66. The molecule has 0 bridgehead atoms. The molecule has 1 amide bonds. The van der Waals surface area contributed by atoms with Crippen LogP contribution in [0, 0.1) is 6.92 Å². The summed E-state index contributed by atoms with van der Waals surface area (Å²) in [4.78, 5) is 15.9. The van der Waals surface area contributed by atoms with Crippen molar-refractivity contribution < 1.29 is 14.3 Å². The van der Waals surface area contributed by atoms with Crippen LogP contribution in [0.4, 0.5) is 10.6 Å². The van der Waals surface area contributed by atoms with Gasteiger partial charge in [0.15, 0.2) is 11.6 Å². The number of amides is 1. The number of nitrogens with one attached hydrogen (secondary N) is 1. The van der Waals surface area contributed by atoms with Gasteiger partial charge in [-0.25, -0.2) is 9.78 Å². The van der Waals surface area contributed by atoms with Crippen LogP contribution >= 0.6 is 15.9 Å². The second kappa shape index (κ2) is 7.08. The highest BCUT2D eigenvalue weighted by molar-refractivity contribution is 9.10. The number of ether oxygens (including phenoxy) is 2. The van der Waals surface area contributed by atoms with Crippen LogP contribution in [0.1, 0.15) is 11.1 Å². The van der Waals surface area contributed by atoms with Gasteiger partial charge in [0.2, 0.25) is 0 Å². The SMILES string of the molecule is COc1c(NC(=O)OCc2ccccc2)ncc(Br)c1C. The summed E-state index contributed by atoms with van der Waals surface area (Å²) in [6.45, 7) is 2.07. The molecule has 1 N–H and O–H groups in total. The van der Waals surface area contributed by atoms with Gasteiger partial charge < -0.3 is 9.47 Å². The van der Waals surface area contributed by atoms with Gasteiger partial charge in [-0.2, -0.15) is 0 Å². The second-order valence-electron chi connectivity index (χ2n) is 4.30. The summed E-state index contributed by atoms with van der Waals surface area (Å²) in [7, 11) is 1.52. The molecule has 0 aliphatic carbocycles. The normalized spacial score (nSPS) is 10.0. The van der Waals surface area contributed by atoms with Crippen LogP contribution in [-0.4, -0.2) is 18.2 Å². The van der Waals surface area contributed by atoms with Crippen LogP contribution in [-0.2, 0) is 11.3 Å². The number of rotatable bonds is 4. The molecule has 0 atom stereocenters. The monoisotopic (exact) mass is 350 g/mol. The summed E-state index contributed by atoms with van der Waals surface area (Å²) in [5.41, 5.74) is 1.77. The van der Waals surface area contributed by atoms with Crippen molar-refractivity contribution in [3.05, 3.63) is 52.1 Å². The fourth-order valence-electron chi connectivity index (χ4n) is 1.76. The molecule has 2 rings (SSSR count). The van der Waals surface area contributed by atoms with Crippen molar-refractivity contribution in [2.75, 3.05) is 12.4 Å². The number of benzene rings is 1. The van der Waals surface area contributed by atoms with E-state index >= 15 is 0 Å². The lowest BCUT2D eigenvalue weighted by atomic mass is 10.2. The number of hydrogen-bond acceptors (Lipinski definition) is 4. The summed E-state index contributed by atoms with van der Waals surface area (Å²) in [5, 5.41) is 2.58. The van der Waals surface area contributed by atoms with Gasteiger partial charge in [0.1, 0.15) is 6.61 Å². The molecule has 0 radical (unpaired) electrons. The third kappa shape index (κ3) is 3.95. The van der Waals surface area contributed by atoms with E-state index in [0.717, 1.165) is 15.6 Å². The molecule has 1 aromatic heterocycles. The average molecular weight is 351 g/mol. The lowest BCUT2D eigenvalue weighted by Crippen LogP contribution is -2.15. The molecule has 0 fully saturated rings. The topological polar surface area (TPSA) is 60.5 Å². The molecule has 6 heteroatoms. The smallest absolute Gasteiger partial charge is 0.413 e. The van der Waals surface area contributed by atoms with E-state index in [1.807, 2.05) is 37.3 Å². The van der Waals surface area contributed by atoms with E-state index in [2.05, 4.69) is 26.2 Å². The summed E-state index contributed by atoms with van der Waals surface area (Å²) in [6.07, 6.45) is 1.02. The van der Waals surface area contributed by atoms with Gasteiger partial charge in [0.05, 0.1) is 7.11 Å². The molecule has 110 valence electrons. The molecule has 0 aliphatic heterocycles. The van der Waals surface area contributed by atoms with E-state index in [0.29, 0.717) is 11.6 Å². The molecule has 0 saturated heterocycles. The Kier molecular flexibility index (Phi) is 5.16. The molecule has 0 spiro atoms. The molecule has 21 heavy (non-hydrogen) atoms. The van der Waals surface area contributed by atoms with Crippen LogP contribution < -0.4 is 10.1 Å². The summed E-state index contributed by atoms with van der Waals surface area (Å²) in [5.74, 6) is 0.831. The highest BCUT2D eigenvalue weighted by Crippen LogP contribution is 2.31. The number of anilines is 1. The highest BCUT2D eigenvalue weighted by atomic mass is 79.9. The van der Waals surface area contributed by atoms with Crippen molar-refractivity contribution in [1.29, 1.82) is 0 Å². The van der Waals surface area contributed by atoms with Crippen molar-refractivity contribution in [3.63, 3.8) is 0 Å². The number of carbonyl (C=O) groups excluding carboxylic acids is 1. The standard InChI is InChI=1S/C15H15BrN2O3/c1-10-12(16)8-17-14(13(10)20-2)18-15(19)21-9-11-6-4-3-5-7-11/h3-8H,9H2,1-2H3,(H,17,18,19). The molecular weight excluding hydrogens is 336 g/mol. The molecule has 0 aliphatic rings. The highest BCUT2D eigenvalue weighted by Gasteiger charge is 2.14. The van der Waals surface area contributed by atoms with Crippen molar-refractivity contribution in [1.82, 2.24) is 4.98 Å². The van der Waals surface area contributed by atoms with Gasteiger partial charge in [-0.05, 0) is 28.4 Å². The van der Waals surface area contributed by atoms with Crippen molar-refractivity contribution in [2.45, 2.75) is 13.5 Å². The summed E-state index contributed by atoms with van der Waals surface area (Å²) >= 11 is 3.36. The van der Waals surface area contributed by atoms with Gasteiger partial charge in [0.25, 0.3) is 0 Å². The predicted octanol–water partition coefficient (Wildman–Crippen LogP) is 3.91. The molecule has 0 saturated carbocycles. The Balaban J connectivity index is 2.01. The number of halogens is 1. The largest absolute Gasteiger partial charge is 0.493 e. The maximum absolute atomic E-state index is 11.8. The fraction of sp³-hybridized carbons (Fsp3) is 0.200. The number of pyridine rings is 1. The minimum Gasteiger partial charge on any atom is -0.493 e. The van der Waals surface area contributed by atoms with Crippen LogP contribution in [0.5, 0.6) is 5.75 Å². The zero-order valence-corrected chi connectivity index (χ0v) is 13.3. The van der Waals surface area contributed by atoms with E-state index in [4.69, 9.17) is 9.47 Å². The van der Waals surface area contributed by atoms with Crippen molar-refractivity contribution in [2.24, 2.45) is 0 Å². The lowest BCUT2D eigenvalue weighted by molar-refractivity contribution is 0.155. The maximum Gasteiger partial charge on any atom is 0.413 e. The molecule has 0 unspecified atom stereocenters. The Labute approximate surface area is 131 Å². The first kappa shape index (κ1) is 15.3. The van der Waals surface area contributed by atoms with Crippen LogP contribution in [0.3, 0.4) is 0 Å². The average Bonchev–Trinajstić information content (AvgIpc) is 2.50. The number of hydrogen-bond donors (Lipinski definition) is 1. The second-order valence-corrected chi connectivity index (χ2v) is 5.15. The van der Waals surface area contributed by atoms with Gasteiger partial charge in [-0.3, -0.25) is 5.32 Å². The molecule has 1 aromatic carbocycles. The van der Waals surface area contributed by atoms with E-state index in [9.17, 15) is 4.79 Å². The Morgan fingerprint density at radius 2 is 2.05 bits per heavy atom. The van der Waals surface area contributed by atoms with Crippen LogP contribution in [0.25, 0.3) is 0 Å². The Hall–Kier alpha value is -2.08. The number of nitrogens with zero attached hydrogens (tertiary/aromatic N) is 1. The zero-order chi connectivity index (χ0) is 15.2. The minimum atomic E-state index is -0.577. The summed E-state index contributed by atoms with van der Waals surface area (Å²) < 4.78 is 11.2. The van der Waals surface area contributed by atoms with Crippen LogP contribution in [0.2, 0.25) is 0 Å². The predicted molar refractivity (Wildman–Crippen MR) is 83.5 cm³/mol. The molecule has 2 aromatic rings. The van der Waals surface area contributed by atoms with Gasteiger partial charge in [-0.15, -0.1) is 0 Å². The first-order valence-corrected chi connectivity index (χ1v) is 7.08. The van der Waals surface area contributed by atoms with Crippen LogP contribution in [0.15, 0.2) is 41.0 Å².